The molecule has 0 spiro atoms. The lowest BCUT2D eigenvalue weighted by Gasteiger charge is -2.26. The second-order valence-electron chi connectivity index (χ2n) is 6.85. The van der Waals surface area contributed by atoms with E-state index < -0.39 is 41.8 Å². The van der Waals surface area contributed by atoms with Gasteiger partial charge < -0.3 is 19.5 Å². The van der Waals surface area contributed by atoms with Crippen LogP contribution in [-0.4, -0.2) is 42.4 Å². The Morgan fingerprint density at radius 3 is 2.27 bits per heavy atom. The molecule has 0 saturated carbocycles. The maximum atomic E-state index is 12.9. The summed E-state index contributed by atoms with van der Waals surface area (Å²) in [5.41, 5.74) is -0.685. The molecule has 0 unspecified atom stereocenters. The first-order valence-corrected chi connectivity index (χ1v) is 7.10. The molecule has 8 heteroatoms. The molecule has 1 heterocycles. The van der Waals surface area contributed by atoms with Crippen LogP contribution in [0.1, 0.15) is 41.5 Å². The quantitative estimate of drug-likeness (QED) is 0.865. The van der Waals surface area contributed by atoms with Gasteiger partial charge in [-0.25, -0.2) is 4.79 Å². The number of hydrogen-bond acceptors (Lipinski definition) is 4. The number of alkyl halides is 3. The van der Waals surface area contributed by atoms with Gasteiger partial charge in [0.1, 0.15) is 17.8 Å². The molecule has 0 radical (unpaired) electrons. The largest absolute Gasteiger partial charge is 0.444 e. The average Bonchev–Trinajstić information content (AvgIpc) is 2.57. The molecule has 22 heavy (non-hydrogen) atoms. The zero-order chi connectivity index (χ0) is 17.3. The Hall–Kier alpha value is -1.02. The molecule has 1 aliphatic rings. The highest BCUT2D eigenvalue weighted by Crippen LogP contribution is 2.38. The predicted octanol–water partition coefficient (Wildman–Crippen LogP) is 3.23. The fraction of sp³-hybridized carbons (Fsp3) is 0.929. The van der Waals surface area contributed by atoms with Crippen molar-refractivity contribution in [1.82, 2.24) is 5.32 Å². The van der Waals surface area contributed by atoms with Crippen LogP contribution in [0.15, 0.2) is 0 Å². The number of carbonyl (C=O) groups excluding carboxylic acids is 1. The molecule has 1 N–H and O–H groups in total. The lowest BCUT2D eigenvalue weighted by molar-refractivity contribution is -0.210. The molecule has 130 valence electrons. The predicted molar refractivity (Wildman–Crippen MR) is 73.3 cm³/mol. The van der Waals surface area contributed by atoms with Crippen molar-refractivity contribution in [3.8, 4) is 0 Å². The SMILES string of the molecule is C[C@H]([C@@H]1OC(C)(C)O[C@@H]1CNC(=O)OC(C)(C)C)C(F)(F)F. The summed E-state index contributed by atoms with van der Waals surface area (Å²) in [7, 11) is 0. The van der Waals surface area contributed by atoms with E-state index in [-0.39, 0.29) is 6.54 Å². The number of halogens is 3. The highest BCUT2D eigenvalue weighted by Gasteiger charge is 2.52. The van der Waals surface area contributed by atoms with Crippen molar-refractivity contribution in [1.29, 1.82) is 0 Å². The normalized spacial score (nSPS) is 26.6. The molecule has 1 amide bonds. The van der Waals surface area contributed by atoms with E-state index >= 15 is 0 Å². The Balaban J connectivity index is 2.68. The van der Waals surface area contributed by atoms with E-state index in [4.69, 9.17) is 14.2 Å². The second kappa shape index (κ2) is 6.23. The van der Waals surface area contributed by atoms with Crippen LogP contribution in [0.2, 0.25) is 0 Å². The average molecular weight is 327 g/mol. The minimum atomic E-state index is -4.40. The van der Waals surface area contributed by atoms with E-state index in [1.165, 1.54) is 13.8 Å². The molecule has 0 aromatic rings. The highest BCUT2D eigenvalue weighted by atomic mass is 19.4. The van der Waals surface area contributed by atoms with E-state index in [9.17, 15) is 18.0 Å². The summed E-state index contributed by atoms with van der Waals surface area (Å²) in [6, 6.07) is 0. The van der Waals surface area contributed by atoms with E-state index in [0.717, 1.165) is 6.92 Å². The van der Waals surface area contributed by atoms with Crippen LogP contribution in [-0.2, 0) is 14.2 Å². The third-order valence-electron chi connectivity index (χ3n) is 3.08. The number of amides is 1. The van der Waals surface area contributed by atoms with Crippen LogP contribution >= 0.6 is 0 Å². The highest BCUT2D eigenvalue weighted by molar-refractivity contribution is 5.67. The lowest BCUT2D eigenvalue weighted by atomic mass is 9.99. The van der Waals surface area contributed by atoms with Crippen molar-refractivity contribution < 1.29 is 32.2 Å². The number of rotatable bonds is 3. The maximum Gasteiger partial charge on any atom is 0.407 e. The Bertz CT molecular complexity index is 404. The van der Waals surface area contributed by atoms with Gasteiger partial charge in [0.15, 0.2) is 5.79 Å². The second-order valence-corrected chi connectivity index (χ2v) is 6.85. The molecule has 0 aromatic carbocycles. The van der Waals surface area contributed by atoms with Crippen LogP contribution in [0.3, 0.4) is 0 Å². The Labute approximate surface area is 128 Å². The molecule has 1 aliphatic heterocycles. The molecule has 1 saturated heterocycles. The van der Waals surface area contributed by atoms with E-state index in [1.54, 1.807) is 20.8 Å². The van der Waals surface area contributed by atoms with E-state index in [0.29, 0.717) is 0 Å². The van der Waals surface area contributed by atoms with Gasteiger partial charge in [-0.15, -0.1) is 0 Å². The number of alkyl carbamates (subject to hydrolysis) is 1. The zero-order valence-electron chi connectivity index (χ0n) is 13.7. The minimum absolute atomic E-state index is 0.122. The first kappa shape index (κ1) is 19.0. The molecular formula is C14H24F3NO4. The summed E-state index contributed by atoms with van der Waals surface area (Å²) in [4.78, 5) is 11.6. The number of carbonyl (C=O) groups is 1. The van der Waals surface area contributed by atoms with E-state index in [1.807, 2.05) is 0 Å². The van der Waals surface area contributed by atoms with Gasteiger partial charge in [0.05, 0.1) is 5.92 Å². The standard InChI is InChI=1S/C14H24F3NO4/c1-8(14(15,16)17)10-9(20-13(5,6)21-10)7-18-11(19)22-12(2,3)4/h8-10H,7H2,1-6H3,(H,18,19)/t8-,9-,10+/m1/s1. The summed E-state index contributed by atoms with van der Waals surface area (Å²) in [5.74, 6) is -2.84. The minimum Gasteiger partial charge on any atom is -0.444 e. The summed E-state index contributed by atoms with van der Waals surface area (Å²) in [6.07, 6.45) is -7.21. The van der Waals surface area contributed by atoms with Crippen LogP contribution < -0.4 is 5.32 Å². The fourth-order valence-electron chi connectivity index (χ4n) is 2.13. The van der Waals surface area contributed by atoms with Crippen molar-refractivity contribution in [2.75, 3.05) is 6.54 Å². The Morgan fingerprint density at radius 1 is 1.27 bits per heavy atom. The summed E-state index contributed by atoms with van der Waals surface area (Å²) >= 11 is 0. The topological polar surface area (TPSA) is 56.8 Å². The van der Waals surface area contributed by atoms with Gasteiger partial charge in [0.2, 0.25) is 0 Å². The number of ether oxygens (including phenoxy) is 3. The molecule has 0 bridgehead atoms. The molecular weight excluding hydrogens is 303 g/mol. The molecule has 0 aromatic heterocycles. The van der Waals surface area contributed by atoms with Gasteiger partial charge in [-0.3, -0.25) is 0 Å². The zero-order valence-corrected chi connectivity index (χ0v) is 13.7. The smallest absolute Gasteiger partial charge is 0.407 e. The fourth-order valence-corrected chi connectivity index (χ4v) is 2.13. The molecule has 5 nitrogen and oxygen atoms in total. The third-order valence-corrected chi connectivity index (χ3v) is 3.08. The number of hydrogen-bond donors (Lipinski definition) is 1. The monoisotopic (exact) mass is 327 g/mol. The van der Waals surface area contributed by atoms with Gasteiger partial charge in [0.25, 0.3) is 0 Å². The summed E-state index contributed by atoms with van der Waals surface area (Å²) in [6.45, 7) is 9.07. The van der Waals surface area contributed by atoms with Crippen LogP contribution in [0.5, 0.6) is 0 Å². The van der Waals surface area contributed by atoms with Gasteiger partial charge in [-0.05, 0) is 34.6 Å². The molecule has 3 atom stereocenters. The van der Waals surface area contributed by atoms with Gasteiger partial charge in [0, 0.05) is 6.54 Å². The third kappa shape index (κ3) is 5.64. The lowest BCUT2D eigenvalue weighted by Crippen LogP contribution is -2.44. The molecule has 1 rings (SSSR count). The Kier molecular flexibility index (Phi) is 5.39. The maximum absolute atomic E-state index is 12.9. The summed E-state index contributed by atoms with van der Waals surface area (Å²) < 4.78 is 54.6. The molecule has 0 aliphatic carbocycles. The van der Waals surface area contributed by atoms with Crippen molar-refractivity contribution in [2.45, 2.75) is 71.3 Å². The van der Waals surface area contributed by atoms with Crippen molar-refractivity contribution in [3.63, 3.8) is 0 Å². The van der Waals surface area contributed by atoms with Crippen LogP contribution in [0.25, 0.3) is 0 Å². The van der Waals surface area contributed by atoms with Gasteiger partial charge in [-0.1, -0.05) is 6.92 Å². The summed E-state index contributed by atoms with van der Waals surface area (Å²) in [5, 5.41) is 2.42. The Morgan fingerprint density at radius 2 is 1.82 bits per heavy atom. The first-order chi connectivity index (χ1) is 9.71. The van der Waals surface area contributed by atoms with E-state index in [2.05, 4.69) is 5.32 Å². The van der Waals surface area contributed by atoms with Crippen LogP contribution in [0, 0.1) is 5.92 Å². The van der Waals surface area contributed by atoms with Crippen LogP contribution in [0.4, 0.5) is 18.0 Å². The van der Waals surface area contributed by atoms with Crippen molar-refractivity contribution in [2.24, 2.45) is 5.92 Å². The first-order valence-electron chi connectivity index (χ1n) is 7.10. The van der Waals surface area contributed by atoms with Crippen molar-refractivity contribution in [3.05, 3.63) is 0 Å². The number of nitrogens with one attached hydrogen (secondary N) is 1. The van der Waals surface area contributed by atoms with Crippen molar-refractivity contribution >= 4 is 6.09 Å². The molecule has 1 fully saturated rings. The van der Waals surface area contributed by atoms with Gasteiger partial charge >= 0.3 is 12.3 Å². The van der Waals surface area contributed by atoms with Gasteiger partial charge in [-0.2, -0.15) is 13.2 Å².